The van der Waals surface area contributed by atoms with Crippen LogP contribution >= 0.6 is 0 Å². The van der Waals surface area contributed by atoms with Crippen molar-refractivity contribution in [1.82, 2.24) is 4.90 Å². The maximum Gasteiger partial charge on any atom is 0.230 e. The number of amides is 1. The normalized spacial score (nSPS) is 17.9. The van der Waals surface area contributed by atoms with E-state index in [4.69, 9.17) is 0 Å². The predicted molar refractivity (Wildman–Crippen MR) is 61.1 cm³/mol. The summed E-state index contributed by atoms with van der Waals surface area (Å²) < 4.78 is 0. The lowest BCUT2D eigenvalue weighted by atomic mass is 10.0. The molecule has 0 spiro atoms. The van der Waals surface area contributed by atoms with E-state index in [2.05, 4.69) is 6.92 Å². The van der Waals surface area contributed by atoms with E-state index in [9.17, 15) is 9.59 Å². The van der Waals surface area contributed by atoms with Gasteiger partial charge in [-0.3, -0.25) is 9.59 Å². The Morgan fingerprint density at radius 3 is 2.50 bits per heavy atom. The quantitative estimate of drug-likeness (QED) is 0.721. The summed E-state index contributed by atoms with van der Waals surface area (Å²) in [4.78, 5) is 24.2. The highest BCUT2D eigenvalue weighted by Gasteiger charge is 2.28. The first-order valence-electron chi connectivity index (χ1n) is 5.51. The molecule has 84 valence electrons. The molecule has 1 heterocycles. The Balaban J connectivity index is 2.00. The van der Waals surface area contributed by atoms with Crippen molar-refractivity contribution in [3.05, 3.63) is 35.9 Å². The van der Waals surface area contributed by atoms with E-state index < -0.39 is 0 Å². The maximum absolute atomic E-state index is 11.5. The van der Waals surface area contributed by atoms with Crippen LogP contribution in [0.25, 0.3) is 0 Å². The molecule has 1 aromatic carbocycles. The first-order valence-corrected chi connectivity index (χ1v) is 5.51. The van der Waals surface area contributed by atoms with Crippen molar-refractivity contribution in [2.45, 2.75) is 19.3 Å². The molecule has 16 heavy (non-hydrogen) atoms. The standard InChI is InChI=1S/C13H15NO2/c1-10(11-5-3-2-4-6-11)8-14-9-12(15)7-13(14)16/h2-6,10H,7-9H2,1H3. The molecule has 3 heteroatoms. The third-order valence-electron chi connectivity index (χ3n) is 2.93. The minimum atomic E-state index is -0.0345. The number of hydrogen-bond acceptors (Lipinski definition) is 2. The highest BCUT2D eigenvalue weighted by atomic mass is 16.2. The second kappa shape index (κ2) is 4.47. The predicted octanol–water partition coefficient (Wildman–Crippen LogP) is 1.59. The number of nitrogens with zero attached hydrogens (tertiary/aromatic N) is 1. The molecule has 1 aliphatic heterocycles. The summed E-state index contributed by atoms with van der Waals surface area (Å²) in [5.74, 6) is 0.272. The molecule has 0 aromatic heterocycles. The van der Waals surface area contributed by atoms with E-state index in [0.717, 1.165) is 0 Å². The van der Waals surface area contributed by atoms with E-state index in [1.54, 1.807) is 4.90 Å². The summed E-state index contributed by atoms with van der Waals surface area (Å²) in [6.07, 6.45) is 0.0848. The number of ketones is 1. The van der Waals surface area contributed by atoms with Gasteiger partial charge in [0.05, 0.1) is 13.0 Å². The lowest BCUT2D eigenvalue weighted by molar-refractivity contribution is -0.128. The molecule has 0 bridgehead atoms. The van der Waals surface area contributed by atoms with E-state index >= 15 is 0 Å². The number of carbonyl (C=O) groups excluding carboxylic acids is 2. The molecule has 1 atom stereocenters. The molecule has 0 N–H and O–H groups in total. The monoisotopic (exact) mass is 217 g/mol. The number of benzene rings is 1. The van der Waals surface area contributed by atoms with Crippen LogP contribution in [0.5, 0.6) is 0 Å². The lowest BCUT2D eigenvalue weighted by Gasteiger charge is -2.20. The summed E-state index contributed by atoms with van der Waals surface area (Å²) in [5, 5.41) is 0. The first-order chi connectivity index (χ1) is 7.66. The minimum absolute atomic E-state index is 0.0326. The van der Waals surface area contributed by atoms with Gasteiger partial charge in [-0.25, -0.2) is 0 Å². The fraction of sp³-hybridized carbons (Fsp3) is 0.385. The van der Waals surface area contributed by atoms with Crippen molar-refractivity contribution < 1.29 is 9.59 Å². The molecular weight excluding hydrogens is 202 g/mol. The van der Waals surface area contributed by atoms with Gasteiger partial charge < -0.3 is 4.90 Å². The molecule has 0 aliphatic carbocycles. The molecule has 1 fully saturated rings. The molecule has 0 saturated carbocycles. The number of hydrogen-bond donors (Lipinski definition) is 0. The third kappa shape index (κ3) is 2.30. The minimum Gasteiger partial charge on any atom is -0.334 e. The highest BCUT2D eigenvalue weighted by Crippen LogP contribution is 2.18. The van der Waals surface area contributed by atoms with E-state index in [1.807, 2.05) is 30.3 Å². The highest BCUT2D eigenvalue weighted by molar-refractivity contribution is 6.05. The van der Waals surface area contributed by atoms with Crippen LogP contribution in [0.15, 0.2) is 30.3 Å². The summed E-state index contributed by atoms with van der Waals surface area (Å²) in [6, 6.07) is 10.0. The summed E-state index contributed by atoms with van der Waals surface area (Å²) in [6.45, 7) is 3.00. The Kier molecular flexibility index (Phi) is 3.04. The molecule has 3 nitrogen and oxygen atoms in total. The second-order valence-corrected chi connectivity index (χ2v) is 4.30. The third-order valence-corrected chi connectivity index (χ3v) is 2.93. The van der Waals surface area contributed by atoms with Gasteiger partial charge in [0.15, 0.2) is 5.78 Å². The van der Waals surface area contributed by atoms with Gasteiger partial charge in [-0.1, -0.05) is 37.3 Å². The fourth-order valence-electron chi connectivity index (χ4n) is 2.02. The number of likely N-dealkylation sites (tertiary alicyclic amines) is 1. The SMILES string of the molecule is CC(CN1CC(=O)CC1=O)c1ccccc1. The average Bonchev–Trinajstić information content (AvgIpc) is 2.59. The van der Waals surface area contributed by atoms with E-state index in [1.165, 1.54) is 5.56 Å². The average molecular weight is 217 g/mol. The van der Waals surface area contributed by atoms with Crippen LogP contribution in [0.3, 0.4) is 0 Å². The van der Waals surface area contributed by atoms with Crippen molar-refractivity contribution >= 4 is 11.7 Å². The van der Waals surface area contributed by atoms with Crippen molar-refractivity contribution in [3.63, 3.8) is 0 Å². The Bertz CT molecular complexity index is 400. The zero-order valence-corrected chi connectivity index (χ0v) is 9.35. The number of Topliss-reactive ketones (excluding diaryl/α,β-unsaturated/α-hetero) is 1. The van der Waals surface area contributed by atoms with Crippen LogP contribution in [-0.2, 0) is 9.59 Å². The second-order valence-electron chi connectivity index (χ2n) is 4.30. The topological polar surface area (TPSA) is 37.4 Å². The van der Waals surface area contributed by atoms with Crippen molar-refractivity contribution in [2.75, 3.05) is 13.1 Å². The van der Waals surface area contributed by atoms with Crippen LogP contribution in [0.1, 0.15) is 24.8 Å². The van der Waals surface area contributed by atoms with Gasteiger partial charge in [0.1, 0.15) is 0 Å². The van der Waals surface area contributed by atoms with Gasteiger partial charge in [-0.2, -0.15) is 0 Å². The summed E-state index contributed by atoms with van der Waals surface area (Å²) in [5.41, 5.74) is 1.20. The van der Waals surface area contributed by atoms with Crippen molar-refractivity contribution in [1.29, 1.82) is 0 Å². The zero-order valence-electron chi connectivity index (χ0n) is 9.35. The van der Waals surface area contributed by atoms with Crippen LogP contribution in [-0.4, -0.2) is 29.7 Å². The van der Waals surface area contributed by atoms with E-state index in [0.29, 0.717) is 6.54 Å². The largest absolute Gasteiger partial charge is 0.334 e. The maximum atomic E-state index is 11.5. The molecule has 1 unspecified atom stereocenters. The Hall–Kier alpha value is -1.64. The molecule has 2 rings (SSSR count). The Labute approximate surface area is 95.1 Å². The number of carbonyl (C=O) groups is 2. The van der Waals surface area contributed by atoms with Gasteiger partial charge in [0, 0.05) is 6.54 Å². The van der Waals surface area contributed by atoms with Crippen LogP contribution < -0.4 is 0 Å². The van der Waals surface area contributed by atoms with Gasteiger partial charge in [0.2, 0.25) is 5.91 Å². The van der Waals surface area contributed by atoms with Crippen LogP contribution in [0.2, 0.25) is 0 Å². The van der Waals surface area contributed by atoms with Gasteiger partial charge in [-0.05, 0) is 11.5 Å². The van der Waals surface area contributed by atoms with Gasteiger partial charge in [-0.15, -0.1) is 0 Å². The van der Waals surface area contributed by atoms with Gasteiger partial charge in [0.25, 0.3) is 0 Å². The van der Waals surface area contributed by atoms with Gasteiger partial charge >= 0.3 is 0 Å². The summed E-state index contributed by atoms with van der Waals surface area (Å²) in [7, 11) is 0. The Morgan fingerprint density at radius 1 is 1.25 bits per heavy atom. The first kappa shape index (κ1) is 10.9. The molecule has 0 radical (unpaired) electrons. The Morgan fingerprint density at radius 2 is 1.94 bits per heavy atom. The van der Waals surface area contributed by atoms with Crippen molar-refractivity contribution in [3.8, 4) is 0 Å². The molecule has 1 saturated heterocycles. The fourth-order valence-corrected chi connectivity index (χ4v) is 2.02. The smallest absolute Gasteiger partial charge is 0.230 e. The summed E-state index contributed by atoms with van der Waals surface area (Å²) >= 11 is 0. The zero-order chi connectivity index (χ0) is 11.5. The van der Waals surface area contributed by atoms with E-state index in [-0.39, 0.29) is 30.6 Å². The van der Waals surface area contributed by atoms with Crippen molar-refractivity contribution in [2.24, 2.45) is 0 Å². The van der Waals surface area contributed by atoms with Crippen LogP contribution in [0, 0.1) is 0 Å². The number of rotatable bonds is 3. The lowest BCUT2D eigenvalue weighted by Crippen LogP contribution is -2.29. The molecular formula is C13H15NO2. The van der Waals surface area contributed by atoms with Crippen LogP contribution in [0.4, 0.5) is 0 Å². The molecule has 1 amide bonds. The molecule has 1 aromatic rings. The molecule has 1 aliphatic rings.